The predicted octanol–water partition coefficient (Wildman–Crippen LogP) is 2.09. The van der Waals surface area contributed by atoms with Gasteiger partial charge in [0.05, 0.1) is 7.11 Å². The van der Waals surface area contributed by atoms with E-state index in [0.717, 1.165) is 5.00 Å². The van der Waals surface area contributed by atoms with Crippen LogP contribution in [-0.4, -0.2) is 17.5 Å². The van der Waals surface area contributed by atoms with E-state index in [0.29, 0.717) is 17.6 Å². The van der Waals surface area contributed by atoms with Crippen molar-refractivity contribution in [2.24, 2.45) is 0 Å². The molecule has 1 heterocycles. The van der Waals surface area contributed by atoms with Crippen molar-refractivity contribution in [2.45, 2.75) is 31.7 Å². The summed E-state index contributed by atoms with van der Waals surface area (Å²) in [4.78, 5) is 0. The molecule has 2 rings (SSSR count). The van der Waals surface area contributed by atoms with Gasteiger partial charge in [0.25, 0.3) is 0 Å². The minimum absolute atomic E-state index is 0.484. The van der Waals surface area contributed by atoms with Crippen LogP contribution < -0.4 is 15.8 Å². The summed E-state index contributed by atoms with van der Waals surface area (Å²) in [7, 11) is 1.62. The van der Waals surface area contributed by atoms with Crippen molar-refractivity contribution in [1.82, 2.24) is 4.37 Å². The van der Waals surface area contributed by atoms with Crippen molar-refractivity contribution in [3.8, 4) is 5.75 Å². The summed E-state index contributed by atoms with van der Waals surface area (Å²) >= 11 is 1.38. The summed E-state index contributed by atoms with van der Waals surface area (Å²) in [5, 5.41) is 4.40. The molecule has 0 bridgehead atoms. The van der Waals surface area contributed by atoms with Crippen molar-refractivity contribution in [3.05, 3.63) is 0 Å². The van der Waals surface area contributed by atoms with Crippen LogP contribution in [0, 0.1) is 0 Å². The Balaban J connectivity index is 2.07. The zero-order valence-corrected chi connectivity index (χ0v) is 9.06. The molecule has 0 spiro atoms. The number of hydrogen-bond acceptors (Lipinski definition) is 5. The molecule has 1 fully saturated rings. The first kappa shape index (κ1) is 9.58. The number of hydrogen-bond donors (Lipinski definition) is 2. The van der Waals surface area contributed by atoms with Gasteiger partial charge in [-0.2, -0.15) is 4.37 Å². The molecule has 0 aromatic carbocycles. The second-order valence-corrected chi connectivity index (χ2v) is 4.33. The van der Waals surface area contributed by atoms with Gasteiger partial charge < -0.3 is 15.8 Å². The lowest BCUT2D eigenvalue weighted by atomic mass is 10.2. The van der Waals surface area contributed by atoms with Crippen LogP contribution in [0.5, 0.6) is 5.75 Å². The number of methoxy groups -OCH3 is 1. The van der Waals surface area contributed by atoms with Crippen molar-refractivity contribution < 1.29 is 4.74 Å². The molecule has 0 aliphatic heterocycles. The van der Waals surface area contributed by atoms with Crippen molar-refractivity contribution in [1.29, 1.82) is 0 Å². The van der Waals surface area contributed by atoms with E-state index in [4.69, 9.17) is 10.5 Å². The molecular weight excluding hydrogens is 198 g/mol. The summed E-state index contributed by atoms with van der Waals surface area (Å²) in [5.41, 5.74) is 5.66. The SMILES string of the molecule is COc1c(N)nsc1NC1CCCC1. The van der Waals surface area contributed by atoms with Gasteiger partial charge >= 0.3 is 0 Å². The van der Waals surface area contributed by atoms with E-state index < -0.39 is 0 Å². The monoisotopic (exact) mass is 213 g/mol. The molecular formula is C9H15N3OS. The van der Waals surface area contributed by atoms with Gasteiger partial charge in [-0.1, -0.05) is 12.8 Å². The van der Waals surface area contributed by atoms with Crippen LogP contribution in [0.3, 0.4) is 0 Å². The Hall–Kier alpha value is -0.970. The first-order valence-electron chi connectivity index (χ1n) is 4.87. The van der Waals surface area contributed by atoms with E-state index in [1.54, 1.807) is 7.11 Å². The van der Waals surface area contributed by atoms with Gasteiger partial charge in [0.15, 0.2) is 16.6 Å². The van der Waals surface area contributed by atoms with Gasteiger partial charge in [0.1, 0.15) is 0 Å². The number of anilines is 2. The first-order valence-corrected chi connectivity index (χ1v) is 5.64. The summed E-state index contributed by atoms with van der Waals surface area (Å²) < 4.78 is 9.25. The van der Waals surface area contributed by atoms with Crippen LogP contribution >= 0.6 is 11.5 Å². The molecule has 4 nitrogen and oxygen atoms in total. The van der Waals surface area contributed by atoms with Crippen LogP contribution in [0.15, 0.2) is 0 Å². The van der Waals surface area contributed by atoms with E-state index in [2.05, 4.69) is 9.69 Å². The molecule has 5 heteroatoms. The normalized spacial score (nSPS) is 17.2. The third-order valence-electron chi connectivity index (χ3n) is 2.57. The van der Waals surface area contributed by atoms with Crippen LogP contribution in [0.4, 0.5) is 10.8 Å². The topological polar surface area (TPSA) is 60.2 Å². The van der Waals surface area contributed by atoms with E-state index in [9.17, 15) is 0 Å². The molecule has 78 valence electrons. The highest BCUT2D eigenvalue weighted by atomic mass is 32.1. The molecule has 1 aliphatic rings. The largest absolute Gasteiger partial charge is 0.490 e. The van der Waals surface area contributed by atoms with Crippen molar-refractivity contribution in [2.75, 3.05) is 18.2 Å². The molecule has 1 saturated carbocycles. The molecule has 0 atom stereocenters. The lowest BCUT2D eigenvalue weighted by Gasteiger charge is -2.12. The Morgan fingerprint density at radius 2 is 2.21 bits per heavy atom. The zero-order chi connectivity index (χ0) is 9.97. The molecule has 14 heavy (non-hydrogen) atoms. The first-order chi connectivity index (χ1) is 6.81. The van der Waals surface area contributed by atoms with E-state index in [1.807, 2.05) is 0 Å². The van der Waals surface area contributed by atoms with E-state index in [1.165, 1.54) is 37.2 Å². The quantitative estimate of drug-likeness (QED) is 0.807. The average Bonchev–Trinajstić information content (AvgIpc) is 2.77. The highest BCUT2D eigenvalue weighted by Gasteiger charge is 2.19. The Kier molecular flexibility index (Phi) is 2.77. The van der Waals surface area contributed by atoms with Crippen LogP contribution in [0.25, 0.3) is 0 Å². The Morgan fingerprint density at radius 3 is 2.86 bits per heavy atom. The fourth-order valence-corrected chi connectivity index (χ4v) is 2.60. The van der Waals surface area contributed by atoms with Crippen LogP contribution in [-0.2, 0) is 0 Å². The number of ether oxygens (including phenoxy) is 1. The Bertz CT molecular complexity index is 307. The van der Waals surface area contributed by atoms with Crippen molar-refractivity contribution in [3.63, 3.8) is 0 Å². The molecule has 0 saturated heterocycles. The molecule has 0 radical (unpaired) electrons. The summed E-state index contributed by atoms with van der Waals surface area (Å²) in [6.07, 6.45) is 5.10. The highest BCUT2D eigenvalue weighted by molar-refractivity contribution is 7.11. The molecule has 0 amide bonds. The second-order valence-electron chi connectivity index (χ2n) is 3.56. The minimum Gasteiger partial charge on any atom is -0.490 e. The highest BCUT2D eigenvalue weighted by Crippen LogP contribution is 2.36. The lowest BCUT2D eigenvalue weighted by molar-refractivity contribution is 0.419. The van der Waals surface area contributed by atoms with Crippen LogP contribution in [0.2, 0.25) is 0 Å². The number of nitrogens with two attached hydrogens (primary N) is 1. The van der Waals surface area contributed by atoms with Gasteiger partial charge in [0.2, 0.25) is 0 Å². The maximum atomic E-state index is 5.66. The third-order valence-corrected chi connectivity index (χ3v) is 3.34. The number of aromatic nitrogens is 1. The zero-order valence-electron chi connectivity index (χ0n) is 8.25. The van der Waals surface area contributed by atoms with E-state index in [-0.39, 0.29) is 0 Å². The summed E-state index contributed by atoms with van der Waals surface area (Å²) in [6, 6.07) is 0.573. The number of nitrogens with zero attached hydrogens (tertiary/aromatic N) is 1. The second kappa shape index (κ2) is 4.04. The Morgan fingerprint density at radius 1 is 1.50 bits per heavy atom. The molecule has 1 aromatic rings. The maximum absolute atomic E-state index is 5.66. The average molecular weight is 213 g/mol. The number of rotatable bonds is 3. The maximum Gasteiger partial charge on any atom is 0.197 e. The Labute approximate surface area is 87.6 Å². The smallest absolute Gasteiger partial charge is 0.197 e. The van der Waals surface area contributed by atoms with E-state index >= 15 is 0 Å². The van der Waals surface area contributed by atoms with Gasteiger partial charge in [-0.15, -0.1) is 0 Å². The third kappa shape index (κ3) is 1.77. The van der Waals surface area contributed by atoms with Crippen molar-refractivity contribution >= 4 is 22.4 Å². The number of nitrogen functional groups attached to an aromatic ring is 1. The number of nitrogens with one attached hydrogen (secondary N) is 1. The molecule has 1 aromatic heterocycles. The van der Waals surface area contributed by atoms with Gasteiger partial charge in [0, 0.05) is 6.04 Å². The molecule has 1 aliphatic carbocycles. The molecule has 0 unspecified atom stereocenters. The minimum atomic E-state index is 0.484. The van der Waals surface area contributed by atoms with Gasteiger partial charge in [-0.25, -0.2) is 0 Å². The predicted molar refractivity (Wildman–Crippen MR) is 59.0 cm³/mol. The standard InChI is InChI=1S/C9H15N3OS/c1-13-7-8(10)12-14-9(7)11-6-4-2-3-5-6/h6,11H,2-5H2,1H3,(H2,10,12). The van der Waals surface area contributed by atoms with Gasteiger partial charge in [-0.05, 0) is 24.4 Å². The summed E-state index contributed by atoms with van der Waals surface area (Å²) in [6.45, 7) is 0. The fourth-order valence-electron chi connectivity index (χ4n) is 1.84. The fraction of sp³-hybridized carbons (Fsp3) is 0.667. The van der Waals surface area contributed by atoms with Crippen LogP contribution in [0.1, 0.15) is 25.7 Å². The summed E-state index contributed by atoms with van der Waals surface area (Å²) in [5.74, 6) is 1.18. The molecule has 3 N–H and O–H groups in total. The van der Waals surface area contributed by atoms with Gasteiger partial charge in [-0.3, -0.25) is 0 Å². The lowest BCUT2D eigenvalue weighted by Crippen LogP contribution is -2.13.